The van der Waals surface area contributed by atoms with E-state index in [9.17, 15) is 9.18 Å². The van der Waals surface area contributed by atoms with E-state index in [0.717, 1.165) is 31.5 Å². The molecule has 3 rings (SSSR count). The van der Waals surface area contributed by atoms with Gasteiger partial charge in [-0.3, -0.25) is 4.79 Å². The number of nitrogens with zero attached hydrogens (tertiary/aromatic N) is 1. The predicted molar refractivity (Wildman–Crippen MR) is 101 cm³/mol. The molecule has 0 radical (unpaired) electrons. The second-order valence-electron chi connectivity index (χ2n) is 6.47. The fraction of sp³-hybridized carbons (Fsp3) is 0.381. The Balaban J connectivity index is 1.41. The van der Waals surface area contributed by atoms with Crippen LogP contribution in [-0.2, 0) is 11.3 Å². The van der Waals surface area contributed by atoms with Gasteiger partial charge in [0.15, 0.2) is 6.61 Å². The van der Waals surface area contributed by atoms with E-state index in [1.165, 1.54) is 12.1 Å². The van der Waals surface area contributed by atoms with Gasteiger partial charge < -0.3 is 19.7 Å². The molecule has 2 aromatic carbocycles. The maximum Gasteiger partial charge on any atom is 0.260 e. The minimum atomic E-state index is -0.310. The number of ether oxygens (including phenoxy) is 2. The first-order chi connectivity index (χ1) is 13.2. The van der Waals surface area contributed by atoms with Crippen LogP contribution in [0.15, 0.2) is 48.5 Å². The summed E-state index contributed by atoms with van der Waals surface area (Å²) < 4.78 is 24.4. The van der Waals surface area contributed by atoms with E-state index in [-0.39, 0.29) is 18.3 Å². The molecule has 6 heteroatoms. The minimum absolute atomic E-state index is 0.0405. The van der Waals surface area contributed by atoms with Gasteiger partial charge in [0.25, 0.3) is 5.91 Å². The fourth-order valence-corrected chi connectivity index (χ4v) is 3.01. The molecule has 0 spiro atoms. The van der Waals surface area contributed by atoms with Gasteiger partial charge in [-0.1, -0.05) is 24.3 Å². The van der Waals surface area contributed by atoms with E-state index in [0.29, 0.717) is 31.2 Å². The topological polar surface area (TPSA) is 50.8 Å². The molecule has 1 aliphatic heterocycles. The molecule has 0 atom stereocenters. The lowest BCUT2D eigenvalue weighted by molar-refractivity contribution is -0.132. The lowest BCUT2D eigenvalue weighted by atomic mass is 10.2. The van der Waals surface area contributed by atoms with Crippen LogP contribution in [0.4, 0.5) is 4.39 Å². The van der Waals surface area contributed by atoms with Crippen molar-refractivity contribution in [1.29, 1.82) is 0 Å². The van der Waals surface area contributed by atoms with Crippen molar-refractivity contribution < 1.29 is 18.7 Å². The van der Waals surface area contributed by atoms with Crippen molar-refractivity contribution in [1.82, 2.24) is 10.2 Å². The fourth-order valence-electron chi connectivity index (χ4n) is 3.01. The third-order valence-corrected chi connectivity index (χ3v) is 4.44. The van der Waals surface area contributed by atoms with E-state index < -0.39 is 0 Å². The lowest BCUT2D eigenvalue weighted by Crippen LogP contribution is -2.32. The number of hydrogen-bond acceptors (Lipinski definition) is 4. The summed E-state index contributed by atoms with van der Waals surface area (Å²) in [5, 5.41) is 3.28. The van der Waals surface area contributed by atoms with Gasteiger partial charge in [0.05, 0.1) is 0 Å². The first-order valence-electron chi connectivity index (χ1n) is 9.30. The Morgan fingerprint density at radius 3 is 2.70 bits per heavy atom. The number of hydrogen-bond donors (Lipinski definition) is 1. The molecule has 0 aromatic heterocycles. The van der Waals surface area contributed by atoms with Crippen LogP contribution >= 0.6 is 0 Å². The molecular formula is C21H25FN2O3. The highest BCUT2D eigenvalue weighted by Crippen LogP contribution is 2.18. The smallest absolute Gasteiger partial charge is 0.260 e. The van der Waals surface area contributed by atoms with Crippen LogP contribution in [0, 0.1) is 5.82 Å². The molecule has 1 saturated heterocycles. The van der Waals surface area contributed by atoms with E-state index in [1.54, 1.807) is 12.1 Å². The van der Waals surface area contributed by atoms with Crippen molar-refractivity contribution in [2.45, 2.75) is 19.4 Å². The molecule has 1 aliphatic rings. The van der Waals surface area contributed by atoms with Crippen LogP contribution in [0.25, 0.3) is 0 Å². The summed E-state index contributed by atoms with van der Waals surface area (Å²) in [6.07, 6.45) is 2.15. The average Bonchev–Trinajstić information content (AvgIpc) is 3.22. The molecule has 1 fully saturated rings. The van der Waals surface area contributed by atoms with Gasteiger partial charge in [-0.2, -0.15) is 0 Å². The number of carbonyl (C=O) groups excluding carboxylic acids is 1. The van der Waals surface area contributed by atoms with E-state index in [1.807, 2.05) is 29.2 Å². The van der Waals surface area contributed by atoms with Crippen LogP contribution in [0.2, 0.25) is 0 Å². The molecule has 144 valence electrons. The van der Waals surface area contributed by atoms with Gasteiger partial charge in [-0.05, 0) is 31.0 Å². The largest absolute Gasteiger partial charge is 0.492 e. The number of nitrogens with one attached hydrogen (secondary N) is 1. The summed E-state index contributed by atoms with van der Waals surface area (Å²) in [4.78, 5) is 14.0. The SMILES string of the molecule is O=C(COc1ccccc1CNCCOc1cccc(F)c1)N1CCCC1. The van der Waals surface area contributed by atoms with Gasteiger partial charge in [-0.25, -0.2) is 4.39 Å². The summed E-state index contributed by atoms with van der Waals surface area (Å²) >= 11 is 0. The highest BCUT2D eigenvalue weighted by molar-refractivity contribution is 5.78. The number of amides is 1. The third kappa shape index (κ3) is 5.96. The Bertz CT molecular complexity index is 748. The maximum absolute atomic E-state index is 13.1. The Morgan fingerprint density at radius 2 is 1.89 bits per heavy atom. The highest BCUT2D eigenvalue weighted by atomic mass is 19.1. The van der Waals surface area contributed by atoms with Crippen LogP contribution in [0.5, 0.6) is 11.5 Å². The van der Waals surface area contributed by atoms with Crippen LogP contribution in [-0.4, -0.2) is 43.7 Å². The summed E-state index contributed by atoms with van der Waals surface area (Å²) in [6.45, 7) is 3.37. The van der Waals surface area contributed by atoms with Crippen LogP contribution in [0.1, 0.15) is 18.4 Å². The summed E-state index contributed by atoms with van der Waals surface area (Å²) in [5.74, 6) is 0.957. The second kappa shape index (κ2) is 9.92. The molecule has 1 N–H and O–H groups in total. The Morgan fingerprint density at radius 1 is 1.07 bits per heavy atom. The quantitative estimate of drug-likeness (QED) is 0.688. The number of halogens is 1. The first-order valence-corrected chi connectivity index (χ1v) is 9.30. The van der Waals surface area contributed by atoms with Crippen molar-refractivity contribution in [3.05, 3.63) is 59.9 Å². The molecule has 5 nitrogen and oxygen atoms in total. The zero-order valence-corrected chi connectivity index (χ0v) is 15.3. The van der Waals surface area contributed by atoms with Gasteiger partial charge >= 0.3 is 0 Å². The van der Waals surface area contributed by atoms with E-state index in [4.69, 9.17) is 9.47 Å². The normalized spacial score (nSPS) is 13.6. The summed E-state index contributed by atoms with van der Waals surface area (Å²) in [6, 6.07) is 13.8. The Labute approximate surface area is 159 Å². The van der Waals surface area contributed by atoms with Gasteiger partial charge in [0, 0.05) is 37.8 Å². The van der Waals surface area contributed by atoms with Crippen molar-refractivity contribution in [3.63, 3.8) is 0 Å². The van der Waals surface area contributed by atoms with Gasteiger partial charge in [-0.15, -0.1) is 0 Å². The Hall–Kier alpha value is -2.60. The summed E-state index contributed by atoms with van der Waals surface area (Å²) in [7, 11) is 0. The van der Waals surface area contributed by atoms with Gasteiger partial charge in [0.1, 0.15) is 23.9 Å². The monoisotopic (exact) mass is 372 g/mol. The lowest BCUT2D eigenvalue weighted by Gasteiger charge is -2.17. The molecule has 0 unspecified atom stereocenters. The molecule has 2 aromatic rings. The minimum Gasteiger partial charge on any atom is -0.492 e. The number of carbonyl (C=O) groups is 1. The van der Waals surface area contributed by atoms with Crippen LogP contribution < -0.4 is 14.8 Å². The second-order valence-corrected chi connectivity index (χ2v) is 6.47. The summed E-state index contributed by atoms with van der Waals surface area (Å²) in [5.41, 5.74) is 0.984. The van der Waals surface area contributed by atoms with Crippen molar-refractivity contribution >= 4 is 5.91 Å². The molecule has 1 heterocycles. The maximum atomic E-state index is 13.1. The zero-order valence-electron chi connectivity index (χ0n) is 15.3. The average molecular weight is 372 g/mol. The highest BCUT2D eigenvalue weighted by Gasteiger charge is 2.18. The number of rotatable bonds is 9. The Kier molecular flexibility index (Phi) is 7.04. The van der Waals surface area contributed by atoms with E-state index >= 15 is 0 Å². The number of para-hydroxylation sites is 1. The van der Waals surface area contributed by atoms with Crippen molar-refractivity contribution in [3.8, 4) is 11.5 Å². The zero-order chi connectivity index (χ0) is 18.9. The first kappa shape index (κ1) is 19.2. The predicted octanol–water partition coefficient (Wildman–Crippen LogP) is 3.00. The van der Waals surface area contributed by atoms with Crippen LogP contribution in [0.3, 0.4) is 0 Å². The molecule has 0 bridgehead atoms. The number of likely N-dealkylation sites (tertiary alicyclic amines) is 1. The van der Waals surface area contributed by atoms with Crippen molar-refractivity contribution in [2.24, 2.45) is 0 Å². The molecule has 27 heavy (non-hydrogen) atoms. The molecule has 1 amide bonds. The standard InChI is InChI=1S/C21H25FN2O3/c22-18-7-5-8-19(14-18)26-13-10-23-15-17-6-1-2-9-20(17)27-16-21(25)24-11-3-4-12-24/h1-2,5-9,14,23H,3-4,10-13,15-16H2. The number of benzene rings is 2. The van der Waals surface area contributed by atoms with Gasteiger partial charge in [0.2, 0.25) is 0 Å². The molecule has 0 saturated carbocycles. The van der Waals surface area contributed by atoms with Crippen molar-refractivity contribution in [2.75, 3.05) is 32.8 Å². The molecular weight excluding hydrogens is 347 g/mol. The molecule has 0 aliphatic carbocycles. The van der Waals surface area contributed by atoms with E-state index in [2.05, 4.69) is 5.32 Å². The third-order valence-electron chi connectivity index (χ3n) is 4.44.